The minimum Gasteiger partial charge on any atom is -0.492 e. The summed E-state index contributed by atoms with van der Waals surface area (Å²) in [5.74, 6) is 1.86. The van der Waals surface area contributed by atoms with Crippen LogP contribution in [0.4, 0.5) is 5.69 Å². The predicted octanol–water partition coefficient (Wildman–Crippen LogP) is 4.95. The first-order valence-corrected chi connectivity index (χ1v) is 11.0. The van der Waals surface area contributed by atoms with E-state index in [1.165, 1.54) is 0 Å². The Morgan fingerprint density at radius 2 is 1.73 bits per heavy atom. The fourth-order valence-electron chi connectivity index (χ4n) is 3.49. The van der Waals surface area contributed by atoms with E-state index < -0.39 is 5.97 Å². The predicted molar refractivity (Wildman–Crippen MR) is 128 cm³/mol. The largest absolute Gasteiger partial charge is 0.492 e. The Morgan fingerprint density at radius 3 is 2.52 bits per heavy atom. The number of esters is 1. The van der Waals surface area contributed by atoms with Gasteiger partial charge in [0.05, 0.1) is 25.4 Å². The zero-order valence-electron chi connectivity index (χ0n) is 18.6. The Kier molecular flexibility index (Phi) is 7.48. The third-order valence-electron chi connectivity index (χ3n) is 5.08. The second kappa shape index (κ2) is 11.1. The molecule has 0 unspecified atom stereocenters. The van der Waals surface area contributed by atoms with Gasteiger partial charge in [-0.2, -0.15) is 0 Å². The van der Waals surface area contributed by atoms with Gasteiger partial charge in [-0.25, -0.2) is 4.79 Å². The Balaban J connectivity index is 1.37. The van der Waals surface area contributed by atoms with E-state index in [0.717, 1.165) is 35.8 Å². The van der Waals surface area contributed by atoms with Gasteiger partial charge in [-0.1, -0.05) is 42.5 Å². The van der Waals surface area contributed by atoms with Gasteiger partial charge in [-0.15, -0.1) is 0 Å². The number of para-hydroxylation sites is 3. The summed E-state index contributed by atoms with van der Waals surface area (Å²) < 4.78 is 22.5. The third-order valence-corrected chi connectivity index (χ3v) is 5.08. The molecule has 1 aliphatic rings. The first-order valence-electron chi connectivity index (χ1n) is 11.0. The number of rotatable bonds is 9. The molecule has 0 aromatic heterocycles. The van der Waals surface area contributed by atoms with Crippen molar-refractivity contribution in [3.8, 4) is 17.2 Å². The summed E-state index contributed by atoms with van der Waals surface area (Å²) in [4.78, 5) is 14.6. The van der Waals surface area contributed by atoms with Gasteiger partial charge in [-0.05, 0) is 55.0 Å². The number of carbonyl (C=O) groups is 1. The average molecular weight is 446 g/mol. The highest BCUT2D eigenvalue weighted by atomic mass is 16.6. The van der Waals surface area contributed by atoms with Crippen molar-refractivity contribution in [3.05, 3.63) is 90.2 Å². The van der Waals surface area contributed by atoms with E-state index in [2.05, 4.69) is 11.0 Å². The van der Waals surface area contributed by atoms with E-state index in [-0.39, 0.29) is 12.4 Å². The Hall–Kier alpha value is -3.93. The van der Waals surface area contributed by atoms with Crippen molar-refractivity contribution in [2.45, 2.75) is 6.92 Å². The second-order valence-corrected chi connectivity index (χ2v) is 7.36. The molecule has 0 radical (unpaired) electrons. The lowest BCUT2D eigenvalue weighted by atomic mass is 10.2. The molecule has 0 amide bonds. The van der Waals surface area contributed by atoms with Gasteiger partial charge in [0.25, 0.3) is 0 Å². The molecule has 6 nitrogen and oxygen atoms in total. The molecule has 33 heavy (non-hydrogen) atoms. The van der Waals surface area contributed by atoms with E-state index in [1.54, 1.807) is 25.1 Å². The molecule has 6 heteroatoms. The summed E-state index contributed by atoms with van der Waals surface area (Å²) in [6, 6.07) is 24.7. The van der Waals surface area contributed by atoms with Gasteiger partial charge in [-0.3, -0.25) is 0 Å². The molecule has 0 saturated carbocycles. The zero-order valence-corrected chi connectivity index (χ0v) is 18.6. The maximum atomic E-state index is 12.3. The molecule has 4 rings (SSSR count). The summed E-state index contributed by atoms with van der Waals surface area (Å²) in [7, 11) is 0. The van der Waals surface area contributed by atoms with Crippen molar-refractivity contribution in [2.75, 3.05) is 37.8 Å². The molecule has 0 fully saturated rings. The lowest BCUT2D eigenvalue weighted by Gasteiger charge is -2.31. The van der Waals surface area contributed by atoms with Crippen LogP contribution in [-0.4, -0.2) is 38.9 Å². The van der Waals surface area contributed by atoms with Crippen LogP contribution < -0.4 is 19.1 Å². The normalized spacial score (nSPS) is 13.0. The SMILES string of the molecule is CCOC(=O)/C(=C\c1ccc(OCCN2CCOc3ccccc32)cc1)Oc1ccccc1. The number of benzene rings is 3. The number of nitrogens with zero attached hydrogens (tertiary/aromatic N) is 1. The molecule has 1 aliphatic heterocycles. The summed E-state index contributed by atoms with van der Waals surface area (Å²) in [6.45, 7) is 4.86. The van der Waals surface area contributed by atoms with Crippen LogP contribution in [0.1, 0.15) is 12.5 Å². The van der Waals surface area contributed by atoms with E-state index >= 15 is 0 Å². The molecule has 0 saturated heterocycles. The number of hydrogen-bond acceptors (Lipinski definition) is 6. The number of anilines is 1. The van der Waals surface area contributed by atoms with Crippen LogP contribution in [0, 0.1) is 0 Å². The number of ether oxygens (including phenoxy) is 4. The molecular weight excluding hydrogens is 418 g/mol. The fourth-order valence-corrected chi connectivity index (χ4v) is 3.49. The number of fused-ring (bicyclic) bond motifs is 1. The van der Waals surface area contributed by atoms with Crippen molar-refractivity contribution < 1.29 is 23.7 Å². The molecule has 3 aromatic carbocycles. The highest BCUT2D eigenvalue weighted by Gasteiger charge is 2.17. The molecule has 0 bridgehead atoms. The summed E-state index contributed by atoms with van der Waals surface area (Å²) in [6.07, 6.45) is 1.67. The van der Waals surface area contributed by atoms with Crippen molar-refractivity contribution in [1.29, 1.82) is 0 Å². The molecule has 0 aliphatic carbocycles. The second-order valence-electron chi connectivity index (χ2n) is 7.36. The van der Waals surface area contributed by atoms with Crippen LogP contribution in [0.5, 0.6) is 17.2 Å². The van der Waals surface area contributed by atoms with Crippen LogP contribution in [0.2, 0.25) is 0 Å². The van der Waals surface area contributed by atoms with Gasteiger partial charge in [0, 0.05) is 0 Å². The summed E-state index contributed by atoms with van der Waals surface area (Å²) in [5, 5.41) is 0. The Morgan fingerprint density at radius 1 is 0.970 bits per heavy atom. The van der Waals surface area contributed by atoms with Crippen molar-refractivity contribution >= 4 is 17.7 Å². The molecule has 0 atom stereocenters. The first kappa shape index (κ1) is 22.3. The third kappa shape index (κ3) is 6.07. The van der Waals surface area contributed by atoms with E-state index in [9.17, 15) is 4.79 Å². The average Bonchev–Trinajstić information content (AvgIpc) is 2.85. The van der Waals surface area contributed by atoms with Gasteiger partial charge in [0.15, 0.2) is 0 Å². The van der Waals surface area contributed by atoms with Crippen LogP contribution in [-0.2, 0) is 9.53 Å². The minimum atomic E-state index is -0.507. The van der Waals surface area contributed by atoms with Crippen LogP contribution >= 0.6 is 0 Å². The topological polar surface area (TPSA) is 57.2 Å². The monoisotopic (exact) mass is 445 g/mol. The number of carbonyl (C=O) groups excluding carboxylic acids is 1. The fraction of sp³-hybridized carbons (Fsp3) is 0.222. The maximum absolute atomic E-state index is 12.3. The lowest BCUT2D eigenvalue weighted by Crippen LogP contribution is -2.35. The molecule has 0 spiro atoms. The number of hydrogen-bond donors (Lipinski definition) is 0. The first-order chi connectivity index (χ1) is 16.2. The standard InChI is InChI=1S/C27H27NO5/c1-2-30-27(29)26(33-23-8-4-3-5-9-23)20-21-12-14-22(15-13-21)31-18-16-28-17-19-32-25-11-7-6-10-24(25)28/h3-15,20H,2,16-19H2,1H3/b26-20+. The van der Waals surface area contributed by atoms with Crippen LogP contribution in [0.25, 0.3) is 6.08 Å². The van der Waals surface area contributed by atoms with Crippen LogP contribution in [0.3, 0.4) is 0 Å². The minimum absolute atomic E-state index is 0.128. The van der Waals surface area contributed by atoms with Crippen molar-refractivity contribution in [3.63, 3.8) is 0 Å². The van der Waals surface area contributed by atoms with E-state index in [0.29, 0.717) is 19.0 Å². The molecular formula is C27H27NO5. The Bertz CT molecular complexity index is 1080. The highest BCUT2D eigenvalue weighted by molar-refractivity contribution is 5.92. The maximum Gasteiger partial charge on any atom is 0.374 e. The summed E-state index contributed by atoms with van der Waals surface area (Å²) in [5.41, 5.74) is 1.90. The van der Waals surface area contributed by atoms with Crippen LogP contribution in [0.15, 0.2) is 84.6 Å². The van der Waals surface area contributed by atoms with Gasteiger partial charge in [0.1, 0.15) is 30.5 Å². The van der Waals surface area contributed by atoms with Gasteiger partial charge < -0.3 is 23.8 Å². The lowest BCUT2D eigenvalue weighted by molar-refractivity contribution is -0.140. The van der Waals surface area contributed by atoms with E-state index in [4.69, 9.17) is 18.9 Å². The van der Waals surface area contributed by atoms with Crippen molar-refractivity contribution in [1.82, 2.24) is 0 Å². The highest BCUT2D eigenvalue weighted by Crippen LogP contribution is 2.30. The summed E-state index contributed by atoms with van der Waals surface area (Å²) >= 11 is 0. The molecule has 0 N–H and O–H groups in total. The van der Waals surface area contributed by atoms with Crippen molar-refractivity contribution in [2.24, 2.45) is 0 Å². The smallest absolute Gasteiger partial charge is 0.374 e. The zero-order chi connectivity index (χ0) is 22.9. The molecule has 3 aromatic rings. The van der Waals surface area contributed by atoms with E-state index in [1.807, 2.05) is 60.7 Å². The Labute approximate surface area is 194 Å². The van der Waals surface area contributed by atoms with Gasteiger partial charge in [0.2, 0.25) is 5.76 Å². The van der Waals surface area contributed by atoms with Gasteiger partial charge >= 0.3 is 5.97 Å². The molecule has 170 valence electrons. The molecule has 1 heterocycles. The quantitative estimate of drug-likeness (QED) is 0.264.